The van der Waals surface area contributed by atoms with Gasteiger partial charge in [0.15, 0.2) is 0 Å². The number of aryl methyl sites for hydroxylation is 2. The second kappa shape index (κ2) is 13.9. The molecule has 1 saturated heterocycles. The van der Waals surface area contributed by atoms with Gasteiger partial charge in [-0.15, -0.1) is 0 Å². The standard InChI is InChI=1S/C30H35ClN6O5/c1-5-41-29(39)20-9-12-37(13-10-20)27-17-23(31)19(3)14-25(27)34-30(40)36-35-24-15-21(7-6-18(24)2)42-22-8-11-33-26(16-22)28(38)32-4/h6-8,11,14-17,20,35H,5,9-10,12-13H2,1-4H3,(H,32,38)(H2,34,36,40). The Balaban J connectivity index is 1.41. The van der Waals surface area contributed by atoms with Crippen molar-refractivity contribution in [2.45, 2.75) is 33.6 Å². The summed E-state index contributed by atoms with van der Waals surface area (Å²) >= 11 is 6.45. The second-order valence-corrected chi connectivity index (χ2v) is 10.3. The highest BCUT2D eigenvalue weighted by atomic mass is 35.5. The number of piperidine rings is 1. The van der Waals surface area contributed by atoms with Gasteiger partial charge in [-0.05, 0) is 69.0 Å². The van der Waals surface area contributed by atoms with E-state index < -0.39 is 6.03 Å². The van der Waals surface area contributed by atoms with E-state index in [0.717, 1.165) is 16.8 Å². The number of benzene rings is 2. The zero-order valence-corrected chi connectivity index (χ0v) is 24.8. The summed E-state index contributed by atoms with van der Waals surface area (Å²) in [4.78, 5) is 43.2. The van der Waals surface area contributed by atoms with Crippen LogP contribution in [0.5, 0.6) is 11.5 Å². The highest BCUT2D eigenvalue weighted by Crippen LogP contribution is 2.35. The van der Waals surface area contributed by atoms with Crippen LogP contribution < -0.4 is 31.1 Å². The van der Waals surface area contributed by atoms with Gasteiger partial charge in [0.05, 0.1) is 29.6 Å². The summed E-state index contributed by atoms with van der Waals surface area (Å²) in [5.41, 5.74) is 9.55. The van der Waals surface area contributed by atoms with Crippen molar-refractivity contribution in [3.63, 3.8) is 0 Å². The molecule has 1 aliphatic rings. The molecular weight excluding hydrogens is 560 g/mol. The molecule has 2 heterocycles. The van der Waals surface area contributed by atoms with E-state index >= 15 is 0 Å². The van der Waals surface area contributed by atoms with Gasteiger partial charge >= 0.3 is 12.0 Å². The van der Waals surface area contributed by atoms with Crippen LogP contribution in [0, 0.1) is 19.8 Å². The Labute approximate surface area is 249 Å². The molecule has 0 saturated carbocycles. The third-order valence-corrected chi connectivity index (χ3v) is 7.33. The average molecular weight is 595 g/mol. The minimum Gasteiger partial charge on any atom is -0.466 e. The lowest BCUT2D eigenvalue weighted by atomic mass is 9.96. The third kappa shape index (κ3) is 7.61. The van der Waals surface area contributed by atoms with E-state index in [0.29, 0.717) is 60.4 Å². The first-order chi connectivity index (χ1) is 20.2. The number of ether oxygens (including phenoxy) is 2. The van der Waals surface area contributed by atoms with Gasteiger partial charge < -0.3 is 25.0 Å². The van der Waals surface area contributed by atoms with Crippen LogP contribution in [0.25, 0.3) is 0 Å². The number of urea groups is 1. The fourth-order valence-corrected chi connectivity index (χ4v) is 4.75. The first-order valence-electron chi connectivity index (χ1n) is 13.7. The molecule has 42 heavy (non-hydrogen) atoms. The monoisotopic (exact) mass is 594 g/mol. The zero-order chi connectivity index (χ0) is 30.2. The molecule has 2 aromatic carbocycles. The average Bonchev–Trinajstić information content (AvgIpc) is 2.99. The number of halogens is 1. The molecule has 0 aliphatic carbocycles. The number of hydrogen-bond donors (Lipinski definition) is 4. The Hall–Kier alpha value is -4.51. The number of aromatic nitrogens is 1. The highest BCUT2D eigenvalue weighted by Gasteiger charge is 2.27. The fourth-order valence-electron chi connectivity index (χ4n) is 4.59. The molecule has 1 fully saturated rings. The number of pyridine rings is 1. The van der Waals surface area contributed by atoms with Gasteiger partial charge in [-0.1, -0.05) is 17.7 Å². The molecule has 0 bridgehead atoms. The Bertz CT molecular complexity index is 1460. The Morgan fingerprint density at radius 3 is 2.45 bits per heavy atom. The molecule has 4 N–H and O–H groups in total. The van der Waals surface area contributed by atoms with Crippen molar-refractivity contribution in [2.75, 3.05) is 42.4 Å². The van der Waals surface area contributed by atoms with Crippen LogP contribution in [-0.4, -0.2) is 49.6 Å². The van der Waals surface area contributed by atoms with Crippen LogP contribution in [0.2, 0.25) is 5.02 Å². The number of carbonyl (C=O) groups is 3. The van der Waals surface area contributed by atoms with E-state index in [9.17, 15) is 14.4 Å². The predicted molar refractivity (Wildman–Crippen MR) is 162 cm³/mol. The van der Waals surface area contributed by atoms with E-state index in [1.54, 1.807) is 31.2 Å². The maximum absolute atomic E-state index is 13.0. The topological polar surface area (TPSA) is 134 Å². The van der Waals surface area contributed by atoms with Crippen molar-refractivity contribution in [1.29, 1.82) is 0 Å². The molecule has 1 aliphatic heterocycles. The van der Waals surface area contributed by atoms with Crippen LogP contribution in [0.15, 0.2) is 48.7 Å². The van der Waals surface area contributed by atoms with E-state index in [2.05, 4.69) is 31.4 Å². The van der Waals surface area contributed by atoms with Gasteiger partial charge in [-0.3, -0.25) is 25.4 Å². The number of carbonyl (C=O) groups excluding carboxylic acids is 3. The molecule has 0 radical (unpaired) electrons. The number of hydrazine groups is 1. The van der Waals surface area contributed by atoms with Crippen LogP contribution in [0.1, 0.15) is 41.4 Å². The van der Waals surface area contributed by atoms with Gasteiger partial charge in [0, 0.05) is 43.5 Å². The number of hydrogen-bond acceptors (Lipinski definition) is 8. The largest absolute Gasteiger partial charge is 0.466 e. The normalized spacial score (nSPS) is 13.2. The molecule has 12 heteroatoms. The minimum absolute atomic E-state index is 0.134. The molecule has 1 aromatic heterocycles. The van der Waals surface area contributed by atoms with Crippen LogP contribution in [-0.2, 0) is 9.53 Å². The van der Waals surface area contributed by atoms with E-state index in [4.69, 9.17) is 21.1 Å². The molecule has 4 rings (SSSR count). The molecule has 3 amide bonds. The maximum Gasteiger partial charge on any atom is 0.337 e. The molecular formula is C30H35ClN6O5. The van der Waals surface area contributed by atoms with Gasteiger partial charge in [0.1, 0.15) is 17.2 Å². The van der Waals surface area contributed by atoms with Crippen molar-refractivity contribution in [3.05, 3.63) is 70.5 Å². The van der Waals surface area contributed by atoms with Crippen molar-refractivity contribution in [3.8, 4) is 11.5 Å². The SMILES string of the molecule is CCOC(=O)C1CCN(c2cc(Cl)c(C)cc2NC(=O)NNc2cc(Oc3ccnc(C(=O)NC)c3)ccc2C)CC1. The van der Waals surface area contributed by atoms with Crippen LogP contribution in [0.4, 0.5) is 21.9 Å². The highest BCUT2D eigenvalue weighted by molar-refractivity contribution is 6.31. The molecule has 3 aromatic rings. The number of nitrogens with one attached hydrogen (secondary N) is 4. The van der Waals surface area contributed by atoms with E-state index in [1.807, 2.05) is 32.0 Å². The quantitative estimate of drug-likeness (QED) is 0.190. The Morgan fingerprint density at radius 2 is 1.74 bits per heavy atom. The van der Waals surface area contributed by atoms with Crippen LogP contribution in [0.3, 0.4) is 0 Å². The van der Waals surface area contributed by atoms with E-state index in [-0.39, 0.29) is 23.5 Å². The van der Waals surface area contributed by atoms with Gasteiger partial charge in [-0.25, -0.2) is 4.79 Å². The van der Waals surface area contributed by atoms with Crippen molar-refractivity contribution >= 4 is 46.6 Å². The molecule has 222 valence electrons. The van der Waals surface area contributed by atoms with Gasteiger partial charge in [0.2, 0.25) is 0 Å². The Kier molecular flexibility index (Phi) is 10.1. The summed E-state index contributed by atoms with van der Waals surface area (Å²) in [5.74, 6) is 0.330. The summed E-state index contributed by atoms with van der Waals surface area (Å²) in [7, 11) is 1.53. The molecule has 0 unspecified atom stereocenters. The first-order valence-corrected chi connectivity index (χ1v) is 14.1. The molecule has 0 atom stereocenters. The summed E-state index contributed by atoms with van der Waals surface area (Å²) in [6, 6.07) is 11.8. The number of esters is 1. The summed E-state index contributed by atoms with van der Waals surface area (Å²) < 4.78 is 11.1. The minimum atomic E-state index is -0.477. The lowest BCUT2D eigenvalue weighted by Gasteiger charge is -2.34. The lowest BCUT2D eigenvalue weighted by molar-refractivity contribution is -0.148. The molecule has 11 nitrogen and oxygen atoms in total. The number of rotatable bonds is 9. The van der Waals surface area contributed by atoms with Crippen molar-refractivity contribution < 1.29 is 23.9 Å². The third-order valence-electron chi connectivity index (χ3n) is 6.93. The number of amides is 3. The second-order valence-electron chi connectivity index (χ2n) is 9.87. The fraction of sp³-hybridized carbons (Fsp3) is 0.333. The summed E-state index contributed by atoms with van der Waals surface area (Å²) in [6.45, 7) is 7.19. The zero-order valence-electron chi connectivity index (χ0n) is 24.0. The predicted octanol–water partition coefficient (Wildman–Crippen LogP) is 5.43. The summed E-state index contributed by atoms with van der Waals surface area (Å²) in [5, 5.41) is 6.04. The maximum atomic E-state index is 13.0. The number of anilines is 3. The summed E-state index contributed by atoms with van der Waals surface area (Å²) in [6.07, 6.45) is 2.80. The van der Waals surface area contributed by atoms with E-state index in [1.165, 1.54) is 13.2 Å². The Morgan fingerprint density at radius 1 is 1.00 bits per heavy atom. The van der Waals surface area contributed by atoms with Crippen molar-refractivity contribution in [1.82, 2.24) is 15.7 Å². The van der Waals surface area contributed by atoms with Crippen molar-refractivity contribution in [2.24, 2.45) is 5.92 Å². The smallest absolute Gasteiger partial charge is 0.337 e. The van der Waals surface area contributed by atoms with Crippen LogP contribution >= 0.6 is 11.6 Å². The number of nitrogens with zero attached hydrogens (tertiary/aromatic N) is 2. The molecule has 0 spiro atoms. The lowest BCUT2D eigenvalue weighted by Crippen LogP contribution is -2.38. The first kappa shape index (κ1) is 30.4. The van der Waals surface area contributed by atoms with Gasteiger partial charge in [-0.2, -0.15) is 0 Å². The van der Waals surface area contributed by atoms with Gasteiger partial charge in [0.25, 0.3) is 5.91 Å².